The molecule has 82 valence electrons. The summed E-state index contributed by atoms with van der Waals surface area (Å²) in [5, 5.41) is 4.35. The molecule has 0 radical (unpaired) electrons. The van der Waals surface area contributed by atoms with Crippen LogP contribution in [0.15, 0.2) is 34.9 Å². The third-order valence-corrected chi connectivity index (χ3v) is 2.91. The van der Waals surface area contributed by atoms with Gasteiger partial charge in [-0.3, -0.25) is 0 Å². The van der Waals surface area contributed by atoms with E-state index in [1.165, 1.54) is 0 Å². The quantitative estimate of drug-likeness (QED) is 0.866. The normalized spacial score (nSPS) is 10.4. The lowest BCUT2D eigenvalue weighted by Gasteiger charge is -2.08. The van der Waals surface area contributed by atoms with Crippen LogP contribution in [-0.4, -0.2) is 14.8 Å². The number of hydrogen-bond acceptors (Lipinski definition) is 2. The average molecular weight is 296 g/mol. The molecule has 1 aromatic heterocycles. The topological polar surface area (TPSA) is 43.8 Å². The average Bonchev–Trinajstić information content (AvgIpc) is 2.64. The first kappa shape index (κ1) is 11.3. The van der Waals surface area contributed by atoms with Crippen LogP contribution in [0.2, 0.25) is 0 Å². The second-order valence-electron chi connectivity index (χ2n) is 3.43. The summed E-state index contributed by atoms with van der Waals surface area (Å²) < 4.78 is 2.74. The fourth-order valence-electron chi connectivity index (χ4n) is 1.45. The van der Waals surface area contributed by atoms with Crippen molar-refractivity contribution in [3.05, 3.63) is 46.2 Å². The number of benzene rings is 1. The number of nitrogens with zero attached hydrogens (tertiary/aromatic N) is 2. The number of thiocarbonyl (C=S) groups is 1. The third kappa shape index (κ3) is 2.15. The molecule has 3 nitrogen and oxygen atoms in total. The number of aryl methyl sites for hydroxylation is 1. The van der Waals surface area contributed by atoms with Crippen LogP contribution >= 0.6 is 28.1 Å². The molecule has 2 N–H and O–H groups in total. The lowest BCUT2D eigenvalue weighted by atomic mass is 10.2. The van der Waals surface area contributed by atoms with E-state index in [0.29, 0.717) is 4.99 Å². The van der Waals surface area contributed by atoms with Crippen LogP contribution in [0.5, 0.6) is 0 Å². The summed E-state index contributed by atoms with van der Waals surface area (Å²) in [4.78, 5) is 0.371. The van der Waals surface area contributed by atoms with Gasteiger partial charge in [-0.05, 0) is 31.2 Å². The van der Waals surface area contributed by atoms with Crippen molar-refractivity contribution < 1.29 is 0 Å². The maximum atomic E-state index is 5.68. The molecule has 0 atom stereocenters. The molecule has 2 rings (SSSR count). The monoisotopic (exact) mass is 295 g/mol. The molecule has 1 heterocycles. The largest absolute Gasteiger partial charge is 0.389 e. The van der Waals surface area contributed by atoms with E-state index in [0.717, 1.165) is 21.4 Å². The standard InChI is InChI=1S/C11H10BrN3S/c1-7-4-5-15(14-7)10-6-8(12)2-3-9(10)11(13)16/h2-6H,1H3,(H2,13,16). The van der Waals surface area contributed by atoms with Crippen LogP contribution in [0, 0.1) is 6.92 Å². The Labute approximate surface area is 107 Å². The maximum Gasteiger partial charge on any atom is 0.106 e. The Morgan fingerprint density at radius 3 is 2.75 bits per heavy atom. The molecule has 5 heteroatoms. The molecule has 0 fully saturated rings. The zero-order chi connectivity index (χ0) is 11.7. The Hall–Kier alpha value is -1.20. The summed E-state index contributed by atoms with van der Waals surface area (Å²) >= 11 is 8.45. The highest BCUT2D eigenvalue weighted by molar-refractivity contribution is 9.10. The van der Waals surface area contributed by atoms with Gasteiger partial charge in [-0.2, -0.15) is 5.10 Å². The van der Waals surface area contributed by atoms with Crippen molar-refractivity contribution in [2.45, 2.75) is 6.92 Å². The van der Waals surface area contributed by atoms with Gasteiger partial charge >= 0.3 is 0 Å². The zero-order valence-corrected chi connectivity index (χ0v) is 11.0. The van der Waals surface area contributed by atoms with E-state index in [-0.39, 0.29) is 0 Å². The molecular weight excluding hydrogens is 286 g/mol. The van der Waals surface area contributed by atoms with Crippen molar-refractivity contribution in [1.29, 1.82) is 0 Å². The predicted octanol–water partition coefficient (Wildman–Crippen LogP) is 2.58. The van der Waals surface area contributed by atoms with Gasteiger partial charge < -0.3 is 5.73 Å². The summed E-state index contributed by atoms with van der Waals surface area (Å²) in [5.41, 5.74) is 8.34. The van der Waals surface area contributed by atoms with Crippen molar-refractivity contribution in [3.63, 3.8) is 0 Å². The fraction of sp³-hybridized carbons (Fsp3) is 0.0909. The molecule has 0 aliphatic carbocycles. The summed E-state index contributed by atoms with van der Waals surface area (Å²) in [7, 11) is 0. The Kier molecular flexibility index (Phi) is 3.07. The number of halogens is 1. The van der Waals surface area contributed by atoms with E-state index in [1.807, 2.05) is 37.4 Å². The number of aromatic nitrogens is 2. The summed E-state index contributed by atoms with van der Waals surface area (Å²) in [6, 6.07) is 7.68. The lowest BCUT2D eigenvalue weighted by molar-refractivity contribution is 0.860. The van der Waals surface area contributed by atoms with Crippen LogP contribution in [0.25, 0.3) is 5.69 Å². The molecule has 0 saturated carbocycles. The molecule has 0 bridgehead atoms. The predicted molar refractivity (Wildman–Crippen MR) is 71.9 cm³/mol. The summed E-state index contributed by atoms with van der Waals surface area (Å²) in [6.45, 7) is 1.94. The molecule has 0 saturated heterocycles. The van der Waals surface area contributed by atoms with Gasteiger partial charge in [-0.1, -0.05) is 28.1 Å². The van der Waals surface area contributed by atoms with Crippen LogP contribution in [0.4, 0.5) is 0 Å². The molecule has 0 aliphatic heterocycles. The van der Waals surface area contributed by atoms with Gasteiger partial charge in [0, 0.05) is 16.2 Å². The first-order valence-corrected chi connectivity index (χ1v) is 5.90. The highest BCUT2D eigenvalue weighted by atomic mass is 79.9. The van der Waals surface area contributed by atoms with Crippen molar-refractivity contribution in [2.75, 3.05) is 0 Å². The van der Waals surface area contributed by atoms with Crippen molar-refractivity contribution >= 4 is 33.1 Å². The molecule has 0 unspecified atom stereocenters. The fourth-order valence-corrected chi connectivity index (χ4v) is 1.97. The van der Waals surface area contributed by atoms with E-state index >= 15 is 0 Å². The number of hydrogen-bond donors (Lipinski definition) is 1. The number of nitrogens with two attached hydrogens (primary N) is 1. The second kappa shape index (κ2) is 4.35. The van der Waals surface area contributed by atoms with E-state index < -0.39 is 0 Å². The van der Waals surface area contributed by atoms with Gasteiger partial charge in [0.25, 0.3) is 0 Å². The van der Waals surface area contributed by atoms with E-state index in [9.17, 15) is 0 Å². The van der Waals surface area contributed by atoms with Gasteiger partial charge in [-0.15, -0.1) is 0 Å². The van der Waals surface area contributed by atoms with Crippen LogP contribution < -0.4 is 5.73 Å². The Morgan fingerprint density at radius 1 is 1.44 bits per heavy atom. The minimum absolute atomic E-state index is 0.371. The van der Waals surface area contributed by atoms with E-state index in [4.69, 9.17) is 18.0 Å². The first-order chi connectivity index (χ1) is 7.58. The minimum Gasteiger partial charge on any atom is -0.389 e. The molecule has 2 aromatic rings. The van der Waals surface area contributed by atoms with Crippen molar-refractivity contribution in [2.24, 2.45) is 5.73 Å². The SMILES string of the molecule is Cc1ccn(-c2cc(Br)ccc2C(N)=S)n1. The van der Waals surface area contributed by atoms with Gasteiger partial charge in [0.1, 0.15) is 4.99 Å². The van der Waals surface area contributed by atoms with Crippen LogP contribution in [0.1, 0.15) is 11.3 Å². The highest BCUT2D eigenvalue weighted by Gasteiger charge is 2.08. The van der Waals surface area contributed by atoms with Crippen molar-refractivity contribution in [1.82, 2.24) is 9.78 Å². The molecule has 0 spiro atoms. The Balaban J connectivity index is 2.62. The van der Waals surface area contributed by atoms with Gasteiger partial charge in [-0.25, -0.2) is 4.68 Å². The maximum absolute atomic E-state index is 5.68. The molecule has 0 amide bonds. The van der Waals surface area contributed by atoms with Gasteiger partial charge in [0.2, 0.25) is 0 Å². The van der Waals surface area contributed by atoms with Crippen molar-refractivity contribution in [3.8, 4) is 5.69 Å². The molecule has 0 aliphatic rings. The Bertz CT molecular complexity index is 548. The Morgan fingerprint density at radius 2 is 2.19 bits per heavy atom. The van der Waals surface area contributed by atoms with Gasteiger partial charge in [0.05, 0.1) is 11.4 Å². The van der Waals surface area contributed by atoms with Gasteiger partial charge in [0.15, 0.2) is 0 Å². The van der Waals surface area contributed by atoms with Crippen LogP contribution in [0.3, 0.4) is 0 Å². The summed E-state index contributed by atoms with van der Waals surface area (Å²) in [5.74, 6) is 0. The zero-order valence-electron chi connectivity index (χ0n) is 8.64. The summed E-state index contributed by atoms with van der Waals surface area (Å²) in [6.07, 6.45) is 1.89. The van der Waals surface area contributed by atoms with E-state index in [1.54, 1.807) is 4.68 Å². The smallest absolute Gasteiger partial charge is 0.106 e. The second-order valence-corrected chi connectivity index (χ2v) is 4.78. The molecular formula is C11H10BrN3S. The highest BCUT2D eigenvalue weighted by Crippen LogP contribution is 2.20. The lowest BCUT2D eigenvalue weighted by Crippen LogP contribution is -2.13. The van der Waals surface area contributed by atoms with E-state index in [2.05, 4.69) is 21.0 Å². The number of rotatable bonds is 2. The third-order valence-electron chi connectivity index (χ3n) is 2.19. The first-order valence-electron chi connectivity index (χ1n) is 4.70. The van der Waals surface area contributed by atoms with Crippen LogP contribution in [-0.2, 0) is 0 Å². The minimum atomic E-state index is 0.371. The molecule has 16 heavy (non-hydrogen) atoms. The molecule has 1 aromatic carbocycles.